The van der Waals surface area contributed by atoms with Gasteiger partial charge in [0.2, 0.25) is 0 Å². The van der Waals surface area contributed by atoms with Crippen LogP contribution in [0.25, 0.3) is 0 Å². The molecule has 0 spiro atoms. The van der Waals surface area contributed by atoms with Crippen molar-refractivity contribution in [3.8, 4) is 0 Å². The van der Waals surface area contributed by atoms with Gasteiger partial charge in [0, 0.05) is 0 Å². The first-order valence-corrected chi connectivity index (χ1v) is 6.15. The maximum Gasteiger partial charge on any atom is 0.0545 e. The molecule has 0 amide bonds. The molecule has 0 fully saturated rings. The predicted molar refractivity (Wildman–Crippen MR) is 54.5 cm³/mol. The van der Waals surface area contributed by atoms with Crippen LogP contribution in [0.4, 0.5) is 0 Å². The topological polar surface area (TPSA) is 0 Å². The van der Waals surface area contributed by atoms with Crippen LogP contribution in [0.1, 0.15) is 19.4 Å². The van der Waals surface area contributed by atoms with Crippen molar-refractivity contribution in [1.29, 1.82) is 0 Å². The number of aryl methyl sites for hydroxylation is 1. The lowest BCUT2D eigenvalue weighted by Gasteiger charge is -2.00. The fraction of sp³-hybridized carbons (Fsp3) is 0.400. The van der Waals surface area contributed by atoms with Gasteiger partial charge in [0.05, 0.1) is 9.52 Å². The molecule has 0 saturated heterocycles. The van der Waals surface area contributed by atoms with Crippen LogP contribution >= 0.6 is 0 Å². The van der Waals surface area contributed by atoms with Crippen LogP contribution in [-0.4, -0.2) is 9.52 Å². The van der Waals surface area contributed by atoms with Gasteiger partial charge < -0.3 is 0 Å². The highest BCUT2D eigenvalue weighted by Gasteiger charge is 1.92. The van der Waals surface area contributed by atoms with E-state index < -0.39 is 0 Å². The lowest BCUT2D eigenvalue weighted by molar-refractivity contribution is 1.14. The summed E-state index contributed by atoms with van der Waals surface area (Å²) in [6.07, 6.45) is 1.17. The number of hydrogen-bond donors (Lipinski definition) is 0. The average molecular weight is 164 g/mol. The molecule has 0 atom stereocenters. The summed E-state index contributed by atoms with van der Waals surface area (Å²) in [6, 6.07) is 10.4. The molecule has 0 nitrogen and oxygen atoms in total. The average Bonchev–Trinajstić information content (AvgIpc) is 2.06. The third-order valence-electron chi connectivity index (χ3n) is 1.94. The van der Waals surface area contributed by atoms with E-state index in [1.165, 1.54) is 18.0 Å². The molecule has 0 heterocycles. The molecule has 0 bridgehead atoms. The Morgan fingerprint density at radius 3 is 2.73 bits per heavy atom. The number of rotatable bonds is 3. The van der Waals surface area contributed by atoms with E-state index in [0.29, 0.717) is 0 Å². The molecule has 1 heteroatoms. The van der Waals surface area contributed by atoms with Crippen LogP contribution in [-0.2, 0) is 6.42 Å². The Bertz CT molecular complexity index is 218. The van der Waals surface area contributed by atoms with Crippen LogP contribution < -0.4 is 5.19 Å². The zero-order chi connectivity index (χ0) is 8.10. The second kappa shape index (κ2) is 4.34. The van der Waals surface area contributed by atoms with Crippen molar-refractivity contribution >= 4 is 14.7 Å². The van der Waals surface area contributed by atoms with Crippen molar-refractivity contribution < 1.29 is 0 Å². The van der Waals surface area contributed by atoms with E-state index in [1.54, 1.807) is 5.19 Å². The van der Waals surface area contributed by atoms with Gasteiger partial charge >= 0.3 is 0 Å². The van der Waals surface area contributed by atoms with Gasteiger partial charge in [-0.05, 0) is 12.0 Å². The normalized spacial score (nSPS) is 11.1. The lowest BCUT2D eigenvalue weighted by atomic mass is 10.2. The van der Waals surface area contributed by atoms with Gasteiger partial charge in [-0.15, -0.1) is 0 Å². The second-order valence-corrected chi connectivity index (χ2v) is 5.24. The molecule has 1 rings (SSSR count). The molecule has 0 unspecified atom stereocenters. The minimum absolute atomic E-state index is 0.0683. The van der Waals surface area contributed by atoms with Crippen molar-refractivity contribution in [3.63, 3.8) is 0 Å². The van der Waals surface area contributed by atoms with E-state index in [1.807, 2.05) is 0 Å². The lowest BCUT2D eigenvalue weighted by Crippen LogP contribution is -2.12. The first-order valence-electron chi connectivity index (χ1n) is 4.44. The minimum Gasteiger partial charge on any atom is -0.0680 e. The van der Waals surface area contributed by atoms with Gasteiger partial charge in [-0.3, -0.25) is 0 Å². The summed E-state index contributed by atoms with van der Waals surface area (Å²) in [5.41, 5.74) is 1.49. The molecular formula is C10H16Si. The highest BCUT2D eigenvalue weighted by atomic mass is 28.2. The largest absolute Gasteiger partial charge is 0.0680 e. The molecular weight excluding hydrogens is 148 g/mol. The van der Waals surface area contributed by atoms with Gasteiger partial charge in [0.1, 0.15) is 0 Å². The fourth-order valence-corrected chi connectivity index (χ4v) is 2.58. The van der Waals surface area contributed by atoms with Crippen LogP contribution in [0, 0.1) is 0 Å². The molecule has 0 aromatic heterocycles. The van der Waals surface area contributed by atoms with E-state index >= 15 is 0 Å². The van der Waals surface area contributed by atoms with Crippen LogP contribution in [0.2, 0.25) is 6.04 Å². The number of benzene rings is 1. The summed E-state index contributed by atoms with van der Waals surface area (Å²) in [4.78, 5) is 0. The van der Waals surface area contributed by atoms with E-state index in [4.69, 9.17) is 0 Å². The number of hydrogen-bond acceptors (Lipinski definition) is 0. The Hall–Kier alpha value is -0.563. The van der Waals surface area contributed by atoms with Crippen LogP contribution in [0.3, 0.4) is 0 Å². The first-order chi connectivity index (χ1) is 5.36. The van der Waals surface area contributed by atoms with Crippen molar-refractivity contribution in [2.45, 2.75) is 26.3 Å². The Kier molecular flexibility index (Phi) is 3.37. The molecule has 1 aromatic rings. The Morgan fingerprint density at radius 1 is 1.27 bits per heavy atom. The maximum atomic E-state index is 2.37. The highest BCUT2D eigenvalue weighted by Crippen LogP contribution is 1.96. The van der Waals surface area contributed by atoms with Crippen molar-refractivity contribution in [2.75, 3.05) is 0 Å². The first kappa shape index (κ1) is 8.53. The SMILES string of the molecule is CC[SiH2]c1cccc(CC)c1. The monoisotopic (exact) mass is 164 g/mol. The van der Waals surface area contributed by atoms with E-state index in [-0.39, 0.29) is 9.52 Å². The van der Waals surface area contributed by atoms with E-state index in [0.717, 1.165) is 0 Å². The maximum absolute atomic E-state index is 2.37. The summed E-state index contributed by atoms with van der Waals surface area (Å²) in [5.74, 6) is 0. The van der Waals surface area contributed by atoms with Gasteiger partial charge in [-0.1, -0.05) is 49.3 Å². The third kappa shape index (κ3) is 2.50. The molecule has 0 radical (unpaired) electrons. The minimum atomic E-state index is 0.0683. The van der Waals surface area contributed by atoms with Crippen molar-refractivity contribution in [3.05, 3.63) is 29.8 Å². The van der Waals surface area contributed by atoms with Crippen molar-refractivity contribution in [1.82, 2.24) is 0 Å². The van der Waals surface area contributed by atoms with Crippen molar-refractivity contribution in [2.24, 2.45) is 0 Å². The summed E-state index contributed by atoms with van der Waals surface area (Å²) < 4.78 is 0. The molecule has 0 aliphatic carbocycles. The van der Waals surface area contributed by atoms with E-state index in [2.05, 4.69) is 38.1 Å². The molecule has 0 N–H and O–H groups in total. The predicted octanol–water partition coefficient (Wildman–Crippen LogP) is 1.48. The standard InChI is InChI=1S/C10H16Si/c1-3-9-6-5-7-10(8-9)11-4-2/h5-8H,3-4,11H2,1-2H3. The van der Waals surface area contributed by atoms with Gasteiger partial charge in [-0.25, -0.2) is 0 Å². The van der Waals surface area contributed by atoms with Crippen LogP contribution in [0.5, 0.6) is 0 Å². The fourth-order valence-electron chi connectivity index (χ4n) is 1.29. The highest BCUT2D eigenvalue weighted by molar-refractivity contribution is 6.53. The van der Waals surface area contributed by atoms with Gasteiger partial charge in [0.15, 0.2) is 0 Å². The molecule has 11 heavy (non-hydrogen) atoms. The summed E-state index contributed by atoms with van der Waals surface area (Å²) in [6.45, 7) is 4.50. The quantitative estimate of drug-likeness (QED) is 0.594. The Balaban J connectivity index is 2.74. The van der Waals surface area contributed by atoms with Gasteiger partial charge in [-0.2, -0.15) is 0 Å². The second-order valence-electron chi connectivity index (χ2n) is 2.92. The molecule has 60 valence electrons. The molecule has 0 aliphatic heterocycles. The zero-order valence-electron chi connectivity index (χ0n) is 7.43. The molecule has 0 saturated carbocycles. The smallest absolute Gasteiger partial charge is 0.0545 e. The van der Waals surface area contributed by atoms with E-state index in [9.17, 15) is 0 Å². The van der Waals surface area contributed by atoms with Gasteiger partial charge in [0.25, 0.3) is 0 Å². The summed E-state index contributed by atoms with van der Waals surface area (Å²) >= 11 is 0. The third-order valence-corrected chi connectivity index (χ3v) is 3.46. The zero-order valence-corrected chi connectivity index (χ0v) is 8.84. The Labute approximate surface area is 71.5 Å². The summed E-state index contributed by atoms with van der Waals surface area (Å²) in [7, 11) is 0.0683. The summed E-state index contributed by atoms with van der Waals surface area (Å²) in [5, 5.41) is 1.62. The molecule has 1 aromatic carbocycles. The van der Waals surface area contributed by atoms with Crippen LogP contribution in [0.15, 0.2) is 24.3 Å². The molecule has 0 aliphatic rings. The Morgan fingerprint density at radius 2 is 2.09 bits per heavy atom.